The molecule has 1 atom stereocenters. The van der Waals surface area contributed by atoms with E-state index in [9.17, 15) is 9.59 Å². The first-order valence-electron chi connectivity index (χ1n) is 6.60. The van der Waals surface area contributed by atoms with Gasteiger partial charge in [0.25, 0.3) is 0 Å². The van der Waals surface area contributed by atoms with Gasteiger partial charge in [-0.05, 0) is 18.3 Å². The molecule has 0 aliphatic heterocycles. The van der Waals surface area contributed by atoms with E-state index >= 15 is 0 Å². The highest BCUT2D eigenvalue weighted by molar-refractivity contribution is 5.81. The average molecular weight is 255 g/mol. The van der Waals surface area contributed by atoms with Gasteiger partial charge in [-0.1, -0.05) is 20.8 Å². The van der Waals surface area contributed by atoms with Crippen LogP contribution >= 0.6 is 0 Å². The number of carbonyl (C=O) groups excluding carboxylic acids is 2. The first-order chi connectivity index (χ1) is 8.30. The van der Waals surface area contributed by atoms with E-state index in [1.54, 1.807) is 0 Å². The molecule has 0 bridgehead atoms. The quantitative estimate of drug-likeness (QED) is 0.600. The molecule has 0 aromatic rings. The second-order valence-electron chi connectivity index (χ2n) is 6.09. The van der Waals surface area contributed by atoms with Crippen LogP contribution in [-0.4, -0.2) is 30.9 Å². The van der Waals surface area contributed by atoms with Crippen LogP contribution in [0.1, 0.15) is 40.0 Å². The van der Waals surface area contributed by atoms with Crippen molar-refractivity contribution in [2.75, 3.05) is 13.1 Å². The minimum Gasteiger partial charge on any atom is -0.354 e. The Kier molecular flexibility index (Phi) is 5.14. The molecule has 0 heterocycles. The van der Waals surface area contributed by atoms with Crippen molar-refractivity contribution in [2.45, 2.75) is 46.1 Å². The van der Waals surface area contributed by atoms with Gasteiger partial charge in [-0.3, -0.25) is 9.59 Å². The Morgan fingerprint density at radius 3 is 2.28 bits per heavy atom. The Bertz CT molecular complexity index is 306. The molecule has 1 rings (SSSR count). The zero-order valence-electron chi connectivity index (χ0n) is 11.6. The molecule has 5 heteroatoms. The van der Waals surface area contributed by atoms with Gasteiger partial charge in [0.05, 0.1) is 0 Å². The number of rotatable bonds is 6. The van der Waals surface area contributed by atoms with E-state index in [0.717, 1.165) is 12.8 Å². The summed E-state index contributed by atoms with van der Waals surface area (Å²) >= 11 is 0. The number of hydrogen-bond acceptors (Lipinski definition) is 3. The van der Waals surface area contributed by atoms with Crippen LogP contribution in [0.5, 0.6) is 0 Å². The van der Waals surface area contributed by atoms with Crippen molar-refractivity contribution in [1.29, 1.82) is 0 Å². The van der Waals surface area contributed by atoms with Gasteiger partial charge in [0.15, 0.2) is 0 Å². The fraction of sp³-hybridized carbons (Fsp3) is 0.846. The number of nitrogens with two attached hydrogens (primary N) is 1. The highest BCUT2D eigenvalue weighted by atomic mass is 16.2. The zero-order chi connectivity index (χ0) is 13.8. The number of carbonyl (C=O) groups is 2. The summed E-state index contributed by atoms with van der Waals surface area (Å²) in [5.41, 5.74) is 5.85. The second kappa shape index (κ2) is 6.18. The van der Waals surface area contributed by atoms with Gasteiger partial charge >= 0.3 is 0 Å². The summed E-state index contributed by atoms with van der Waals surface area (Å²) in [6.07, 6.45) is 2.32. The molecule has 104 valence electrons. The molecular formula is C13H25N3O2. The lowest BCUT2D eigenvalue weighted by molar-refractivity contribution is -0.123. The van der Waals surface area contributed by atoms with Gasteiger partial charge in [-0.25, -0.2) is 0 Å². The molecule has 1 aliphatic rings. The molecular weight excluding hydrogens is 230 g/mol. The van der Waals surface area contributed by atoms with E-state index in [2.05, 4.69) is 10.6 Å². The summed E-state index contributed by atoms with van der Waals surface area (Å²) in [7, 11) is 0. The van der Waals surface area contributed by atoms with E-state index in [4.69, 9.17) is 5.73 Å². The predicted molar refractivity (Wildman–Crippen MR) is 70.8 cm³/mol. The van der Waals surface area contributed by atoms with Gasteiger partial charge in [0.2, 0.25) is 11.8 Å². The van der Waals surface area contributed by atoms with Gasteiger partial charge in [0, 0.05) is 31.5 Å². The number of nitrogens with one attached hydrogen (secondary N) is 2. The maximum absolute atomic E-state index is 11.6. The zero-order valence-corrected chi connectivity index (χ0v) is 11.6. The van der Waals surface area contributed by atoms with Gasteiger partial charge in [-0.2, -0.15) is 0 Å². The Hall–Kier alpha value is -1.10. The Morgan fingerprint density at radius 2 is 1.78 bits per heavy atom. The lowest BCUT2D eigenvalue weighted by atomic mass is 9.85. The topological polar surface area (TPSA) is 84.2 Å². The van der Waals surface area contributed by atoms with E-state index in [-0.39, 0.29) is 29.2 Å². The molecule has 0 aromatic heterocycles. The monoisotopic (exact) mass is 255 g/mol. The molecule has 2 amide bonds. The first-order valence-corrected chi connectivity index (χ1v) is 6.60. The van der Waals surface area contributed by atoms with Gasteiger partial charge in [0.1, 0.15) is 0 Å². The van der Waals surface area contributed by atoms with Gasteiger partial charge in [-0.15, -0.1) is 0 Å². The Balaban J connectivity index is 2.07. The molecule has 0 radical (unpaired) electrons. The molecule has 1 saturated carbocycles. The molecule has 4 N–H and O–H groups in total. The third-order valence-electron chi connectivity index (χ3n) is 3.21. The van der Waals surface area contributed by atoms with Crippen LogP contribution in [0.2, 0.25) is 0 Å². The molecule has 1 unspecified atom stereocenters. The van der Waals surface area contributed by atoms with Crippen molar-refractivity contribution >= 4 is 11.8 Å². The van der Waals surface area contributed by atoms with E-state index in [1.165, 1.54) is 0 Å². The summed E-state index contributed by atoms with van der Waals surface area (Å²) < 4.78 is 0. The normalized spacial score (nSPS) is 17.1. The van der Waals surface area contributed by atoms with Crippen molar-refractivity contribution in [3.63, 3.8) is 0 Å². The third-order valence-corrected chi connectivity index (χ3v) is 3.21. The van der Waals surface area contributed by atoms with Crippen molar-refractivity contribution in [3.05, 3.63) is 0 Å². The van der Waals surface area contributed by atoms with Crippen LogP contribution in [-0.2, 0) is 9.59 Å². The SMILES string of the molecule is CC(C)(C)C(N)CC(=O)NCCNC(=O)C1CC1. The summed E-state index contributed by atoms with van der Waals surface area (Å²) in [6, 6.07) is -0.154. The second-order valence-corrected chi connectivity index (χ2v) is 6.09. The van der Waals surface area contributed by atoms with Crippen molar-refractivity contribution in [2.24, 2.45) is 17.1 Å². The van der Waals surface area contributed by atoms with E-state index in [1.807, 2.05) is 20.8 Å². The Labute approximate surface area is 109 Å². The average Bonchev–Trinajstić information content (AvgIpc) is 3.06. The lowest BCUT2D eigenvalue weighted by Crippen LogP contribution is -2.42. The number of hydrogen-bond donors (Lipinski definition) is 3. The molecule has 0 saturated heterocycles. The fourth-order valence-electron chi connectivity index (χ4n) is 1.46. The molecule has 1 fully saturated rings. The smallest absolute Gasteiger partial charge is 0.223 e. The van der Waals surface area contributed by atoms with Crippen molar-refractivity contribution < 1.29 is 9.59 Å². The van der Waals surface area contributed by atoms with E-state index < -0.39 is 0 Å². The lowest BCUT2D eigenvalue weighted by Gasteiger charge is -2.26. The van der Waals surface area contributed by atoms with Gasteiger partial charge < -0.3 is 16.4 Å². The first kappa shape index (κ1) is 15.0. The minimum absolute atomic E-state index is 0.0573. The van der Waals surface area contributed by atoms with Crippen molar-refractivity contribution in [1.82, 2.24) is 10.6 Å². The standard InChI is InChI=1S/C13H25N3O2/c1-13(2,3)10(14)8-11(17)15-6-7-16-12(18)9-4-5-9/h9-10H,4-8,14H2,1-3H3,(H,15,17)(H,16,18). The molecule has 5 nitrogen and oxygen atoms in total. The number of amides is 2. The predicted octanol–water partition coefficient (Wildman–Crippen LogP) is 0.392. The largest absolute Gasteiger partial charge is 0.354 e. The summed E-state index contributed by atoms with van der Waals surface area (Å²) in [6.45, 7) is 7.00. The maximum atomic E-state index is 11.6. The molecule has 0 spiro atoms. The maximum Gasteiger partial charge on any atom is 0.223 e. The fourth-order valence-corrected chi connectivity index (χ4v) is 1.46. The summed E-state index contributed by atoms with van der Waals surface area (Å²) in [4.78, 5) is 22.9. The van der Waals surface area contributed by atoms with E-state index in [0.29, 0.717) is 19.5 Å². The Morgan fingerprint density at radius 1 is 1.22 bits per heavy atom. The van der Waals surface area contributed by atoms with Crippen LogP contribution < -0.4 is 16.4 Å². The van der Waals surface area contributed by atoms with Crippen LogP contribution in [0.25, 0.3) is 0 Å². The van der Waals surface area contributed by atoms with Crippen LogP contribution in [0.4, 0.5) is 0 Å². The highest BCUT2D eigenvalue weighted by Gasteiger charge is 2.29. The molecule has 18 heavy (non-hydrogen) atoms. The summed E-state index contributed by atoms with van der Waals surface area (Å²) in [5.74, 6) is 0.267. The van der Waals surface area contributed by atoms with Crippen LogP contribution in [0.3, 0.4) is 0 Å². The summed E-state index contributed by atoms with van der Waals surface area (Å²) in [5, 5.41) is 5.57. The highest BCUT2D eigenvalue weighted by Crippen LogP contribution is 2.28. The van der Waals surface area contributed by atoms with Crippen molar-refractivity contribution in [3.8, 4) is 0 Å². The molecule has 0 aromatic carbocycles. The molecule has 1 aliphatic carbocycles. The third kappa shape index (κ3) is 5.49. The van der Waals surface area contributed by atoms with Crippen LogP contribution in [0.15, 0.2) is 0 Å². The van der Waals surface area contributed by atoms with Crippen LogP contribution in [0, 0.1) is 11.3 Å². The minimum atomic E-state index is -0.154.